The lowest BCUT2D eigenvalue weighted by molar-refractivity contribution is -0.118. The second-order valence-electron chi connectivity index (χ2n) is 4.28. The quantitative estimate of drug-likeness (QED) is 0.754. The minimum Gasteiger partial charge on any atom is -0.355 e. The second-order valence-corrected chi connectivity index (χ2v) is 5.71. The molecule has 1 aromatic rings. The Morgan fingerprint density at radius 2 is 2.11 bits per heavy atom. The Hall–Kier alpha value is -1.00. The van der Waals surface area contributed by atoms with Crippen LogP contribution >= 0.6 is 11.8 Å². The number of rotatable bonds is 8. The van der Waals surface area contributed by atoms with Gasteiger partial charge in [0.25, 0.3) is 0 Å². The van der Waals surface area contributed by atoms with Crippen molar-refractivity contribution in [2.45, 2.75) is 25.0 Å². The average Bonchev–Trinajstić information content (AvgIpc) is 2.38. The summed E-state index contributed by atoms with van der Waals surface area (Å²) in [6.45, 7) is 3.49. The van der Waals surface area contributed by atoms with Crippen molar-refractivity contribution in [1.82, 2.24) is 5.32 Å². The first-order chi connectivity index (χ1) is 8.72. The molecule has 0 aliphatic carbocycles. The predicted molar refractivity (Wildman–Crippen MR) is 78.7 cm³/mol. The summed E-state index contributed by atoms with van der Waals surface area (Å²) >= 11 is 1.66. The van der Waals surface area contributed by atoms with Crippen molar-refractivity contribution < 1.29 is 4.79 Å². The number of carbonyl (C=O) groups excluding carboxylic acids is 1. The van der Waals surface area contributed by atoms with Gasteiger partial charge in [-0.15, -0.1) is 11.8 Å². The van der Waals surface area contributed by atoms with Gasteiger partial charge in [-0.1, -0.05) is 37.3 Å². The van der Waals surface area contributed by atoms with Crippen molar-refractivity contribution in [3.05, 3.63) is 35.9 Å². The lowest BCUT2D eigenvalue weighted by Gasteiger charge is -2.09. The van der Waals surface area contributed by atoms with E-state index in [9.17, 15) is 4.79 Å². The lowest BCUT2D eigenvalue weighted by atomic mass is 10.1. The van der Waals surface area contributed by atoms with Gasteiger partial charge in [0, 0.05) is 11.8 Å². The summed E-state index contributed by atoms with van der Waals surface area (Å²) in [6, 6.07) is 10.2. The Kier molecular flexibility index (Phi) is 7.53. The van der Waals surface area contributed by atoms with Crippen LogP contribution in [0.15, 0.2) is 30.3 Å². The molecule has 100 valence electrons. The van der Waals surface area contributed by atoms with Crippen molar-refractivity contribution in [2.75, 3.05) is 18.8 Å². The molecule has 1 unspecified atom stereocenters. The summed E-state index contributed by atoms with van der Waals surface area (Å²) in [4.78, 5) is 11.6. The third kappa shape index (κ3) is 6.67. The molecule has 3 nitrogen and oxygen atoms in total. The van der Waals surface area contributed by atoms with Crippen LogP contribution in [-0.2, 0) is 11.2 Å². The highest BCUT2D eigenvalue weighted by molar-refractivity contribution is 8.00. The zero-order chi connectivity index (χ0) is 13.2. The molecule has 1 aromatic carbocycles. The van der Waals surface area contributed by atoms with Crippen molar-refractivity contribution in [3.8, 4) is 0 Å². The number of nitrogens with two attached hydrogens (primary N) is 1. The normalized spacial score (nSPS) is 12.1. The van der Waals surface area contributed by atoms with Crippen LogP contribution in [0.4, 0.5) is 0 Å². The smallest absolute Gasteiger partial charge is 0.230 e. The molecule has 0 aliphatic rings. The van der Waals surface area contributed by atoms with Crippen LogP contribution in [0.25, 0.3) is 0 Å². The van der Waals surface area contributed by atoms with Gasteiger partial charge in [0.15, 0.2) is 0 Å². The molecule has 0 radical (unpaired) electrons. The predicted octanol–water partition coefficient (Wildman–Crippen LogP) is 1.82. The molecule has 18 heavy (non-hydrogen) atoms. The van der Waals surface area contributed by atoms with Gasteiger partial charge in [0.1, 0.15) is 0 Å². The van der Waals surface area contributed by atoms with Crippen molar-refractivity contribution in [3.63, 3.8) is 0 Å². The minimum atomic E-state index is 0.111. The van der Waals surface area contributed by atoms with E-state index in [1.54, 1.807) is 11.8 Å². The fourth-order valence-corrected chi connectivity index (χ4v) is 2.42. The van der Waals surface area contributed by atoms with E-state index in [1.807, 2.05) is 18.2 Å². The minimum absolute atomic E-state index is 0.111. The highest BCUT2D eigenvalue weighted by Gasteiger charge is 2.05. The van der Waals surface area contributed by atoms with Gasteiger partial charge in [0.05, 0.1) is 5.75 Å². The summed E-state index contributed by atoms with van der Waals surface area (Å²) in [5.74, 6) is 0.635. The van der Waals surface area contributed by atoms with E-state index >= 15 is 0 Å². The van der Waals surface area contributed by atoms with Crippen molar-refractivity contribution >= 4 is 17.7 Å². The molecule has 0 heterocycles. The van der Waals surface area contributed by atoms with Gasteiger partial charge in [-0.05, 0) is 24.9 Å². The van der Waals surface area contributed by atoms with Gasteiger partial charge in [-0.2, -0.15) is 0 Å². The van der Waals surface area contributed by atoms with Crippen LogP contribution in [0, 0.1) is 0 Å². The molecule has 0 saturated carbocycles. The van der Waals surface area contributed by atoms with Crippen LogP contribution in [0.1, 0.15) is 18.9 Å². The molecule has 1 amide bonds. The SMILES string of the molecule is CC(CCN)SCC(=O)NCCc1ccccc1. The summed E-state index contributed by atoms with van der Waals surface area (Å²) in [5.41, 5.74) is 6.72. The van der Waals surface area contributed by atoms with Crippen LogP contribution in [0.3, 0.4) is 0 Å². The summed E-state index contributed by atoms with van der Waals surface area (Å²) in [6.07, 6.45) is 1.84. The number of carbonyl (C=O) groups is 1. The number of hydrogen-bond acceptors (Lipinski definition) is 3. The van der Waals surface area contributed by atoms with E-state index in [0.717, 1.165) is 12.8 Å². The molecule has 0 aromatic heterocycles. The average molecular weight is 266 g/mol. The maximum Gasteiger partial charge on any atom is 0.230 e. The molecule has 3 N–H and O–H groups in total. The highest BCUT2D eigenvalue weighted by Crippen LogP contribution is 2.12. The number of hydrogen-bond donors (Lipinski definition) is 2. The van der Waals surface area contributed by atoms with E-state index in [1.165, 1.54) is 5.56 Å². The molecule has 0 spiro atoms. The van der Waals surface area contributed by atoms with Gasteiger partial charge < -0.3 is 11.1 Å². The Balaban J connectivity index is 2.10. The monoisotopic (exact) mass is 266 g/mol. The van der Waals surface area contributed by atoms with E-state index < -0.39 is 0 Å². The Morgan fingerprint density at radius 3 is 2.78 bits per heavy atom. The number of amides is 1. The first-order valence-electron chi connectivity index (χ1n) is 6.34. The standard InChI is InChI=1S/C14H22N2OS/c1-12(7-9-15)18-11-14(17)16-10-8-13-5-3-2-4-6-13/h2-6,12H,7-11,15H2,1H3,(H,16,17). The Bertz CT molecular complexity index is 343. The van der Waals surface area contributed by atoms with E-state index in [-0.39, 0.29) is 5.91 Å². The third-order valence-electron chi connectivity index (χ3n) is 2.65. The molecule has 4 heteroatoms. The van der Waals surface area contributed by atoms with Crippen LogP contribution in [-0.4, -0.2) is 30.0 Å². The van der Waals surface area contributed by atoms with Crippen LogP contribution < -0.4 is 11.1 Å². The highest BCUT2D eigenvalue weighted by atomic mass is 32.2. The van der Waals surface area contributed by atoms with Crippen molar-refractivity contribution in [2.24, 2.45) is 5.73 Å². The van der Waals surface area contributed by atoms with Gasteiger partial charge in [-0.25, -0.2) is 0 Å². The molecule has 0 fully saturated rings. The van der Waals surface area contributed by atoms with Crippen LogP contribution in [0.5, 0.6) is 0 Å². The van der Waals surface area contributed by atoms with Gasteiger partial charge in [-0.3, -0.25) is 4.79 Å². The Morgan fingerprint density at radius 1 is 1.39 bits per heavy atom. The first-order valence-corrected chi connectivity index (χ1v) is 7.39. The topological polar surface area (TPSA) is 55.1 Å². The lowest BCUT2D eigenvalue weighted by Crippen LogP contribution is -2.28. The zero-order valence-corrected chi connectivity index (χ0v) is 11.7. The van der Waals surface area contributed by atoms with Crippen LogP contribution in [0.2, 0.25) is 0 Å². The fourth-order valence-electron chi connectivity index (χ4n) is 1.58. The number of thioether (sulfide) groups is 1. The molecular weight excluding hydrogens is 244 g/mol. The van der Waals surface area contributed by atoms with Gasteiger partial charge >= 0.3 is 0 Å². The zero-order valence-electron chi connectivity index (χ0n) is 10.9. The maximum atomic E-state index is 11.6. The molecular formula is C14H22N2OS. The first kappa shape index (κ1) is 15.1. The third-order valence-corrected chi connectivity index (χ3v) is 3.88. The summed E-state index contributed by atoms with van der Waals surface area (Å²) in [7, 11) is 0. The molecule has 1 atom stereocenters. The molecule has 0 bridgehead atoms. The number of nitrogens with one attached hydrogen (secondary N) is 1. The molecule has 0 saturated heterocycles. The van der Waals surface area contributed by atoms with Crippen molar-refractivity contribution in [1.29, 1.82) is 0 Å². The molecule has 1 rings (SSSR count). The summed E-state index contributed by atoms with van der Waals surface area (Å²) in [5, 5.41) is 3.39. The molecule has 0 aliphatic heterocycles. The Labute approximate surface area is 114 Å². The van der Waals surface area contributed by atoms with E-state index in [0.29, 0.717) is 24.1 Å². The van der Waals surface area contributed by atoms with E-state index in [2.05, 4.69) is 24.4 Å². The fraction of sp³-hybridized carbons (Fsp3) is 0.500. The van der Waals surface area contributed by atoms with Gasteiger partial charge in [0.2, 0.25) is 5.91 Å². The second kappa shape index (κ2) is 9.00. The summed E-state index contributed by atoms with van der Waals surface area (Å²) < 4.78 is 0. The largest absolute Gasteiger partial charge is 0.355 e. The maximum absolute atomic E-state index is 11.6. The van der Waals surface area contributed by atoms with E-state index in [4.69, 9.17) is 5.73 Å². The number of benzene rings is 1.